The quantitative estimate of drug-likeness (QED) is 0.591. The minimum atomic E-state index is -0.393. The minimum Gasteiger partial charge on any atom is -0.395 e. The lowest BCUT2D eigenvalue weighted by Crippen LogP contribution is -2.28. The van der Waals surface area contributed by atoms with Crippen LogP contribution in [0.3, 0.4) is 0 Å². The average molecular weight is 224 g/mol. The molecule has 1 aromatic carbocycles. The highest BCUT2D eigenvalue weighted by atomic mass is 16.6. The maximum atomic E-state index is 10.9. The van der Waals surface area contributed by atoms with Crippen molar-refractivity contribution in [1.82, 2.24) is 0 Å². The van der Waals surface area contributed by atoms with Gasteiger partial charge in [0.25, 0.3) is 5.69 Å². The third kappa shape index (κ3) is 2.93. The van der Waals surface area contributed by atoms with Gasteiger partial charge in [0.2, 0.25) is 0 Å². The molecule has 0 aliphatic rings. The van der Waals surface area contributed by atoms with Crippen molar-refractivity contribution in [3.8, 4) is 0 Å². The molecule has 0 aromatic heterocycles. The Kier molecular flexibility index (Phi) is 4.72. The Balaban J connectivity index is 3.02. The Morgan fingerprint density at radius 2 is 2.06 bits per heavy atom. The first-order valence-corrected chi connectivity index (χ1v) is 5.30. The van der Waals surface area contributed by atoms with Gasteiger partial charge in [-0.05, 0) is 12.5 Å². The summed E-state index contributed by atoms with van der Waals surface area (Å²) in [7, 11) is 0. The lowest BCUT2D eigenvalue weighted by Gasteiger charge is -2.22. The topological polar surface area (TPSA) is 66.6 Å². The fourth-order valence-corrected chi connectivity index (χ4v) is 1.63. The SMILES string of the molecule is CCCN(CCO)c1ccccc1[N+](=O)[O-]. The van der Waals surface area contributed by atoms with Gasteiger partial charge in [-0.25, -0.2) is 0 Å². The van der Waals surface area contributed by atoms with Crippen LogP contribution in [0.2, 0.25) is 0 Å². The second-order valence-corrected chi connectivity index (χ2v) is 3.46. The van der Waals surface area contributed by atoms with Gasteiger partial charge in [-0.2, -0.15) is 0 Å². The van der Waals surface area contributed by atoms with E-state index in [0.29, 0.717) is 18.8 Å². The van der Waals surface area contributed by atoms with Crippen molar-refractivity contribution in [2.24, 2.45) is 0 Å². The fourth-order valence-electron chi connectivity index (χ4n) is 1.63. The van der Waals surface area contributed by atoms with E-state index < -0.39 is 4.92 Å². The van der Waals surface area contributed by atoms with Gasteiger partial charge in [0.05, 0.1) is 11.5 Å². The Morgan fingerprint density at radius 3 is 2.62 bits per heavy atom. The van der Waals surface area contributed by atoms with Gasteiger partial charge in [-0.15, -0.1) is 0 Å². The van der Waals surface area contributed by atoms with Gasteiger partial charge in [0, 0.05) is 19.2 Å². The highest BCUT2D eigenvalue weighted by Gasteiger charge is 2.17. The molecule has 0 atom stereocenters. The van der Waals surface area contributed by atoms with Crippen LogP contribution in [0.4, 0.5) is 11.4 Å². The molecule has 0 fully saturated rings. The Labute approximate surface area is 94.5 Å². The molecule has 5 nitrogen and oxygen atoms in total. The van der Waals surface area contributed by atoms with Crippen molar-refractivity contribution in [2.75, 3.05) is 24.6 Å². The van der Waals surface area contributed by atoms with E-state index in [1.165, 1.54) is 6.07 Å². The zero-order valence-electron chi connectivity index (χ0n) is 9.30. The molecular formula is C11H16N2O3. The van der Waals surface area contributed by atoms with Crippen molar-refractivity contribution in [2.45, 2.75) is 13.3 Å². The second-order valence-electron chi connectivity index (χ2n) is 3.46. The Hall–Kier alpha value is -1.62. The third-order valence-corrected chi connectivity index (χ3v) is 2.28. The number of anilines is 1. The molecular weight excluding hydrogens is 208 g/mol. The van der Waals surface area contributed by atoms with Crippen LogP contribution in [0.25, 0.3) is 0 Å². The number of para-hydroxylation sites is 2. The van der Waals surface area contributed by atoms with Crippen molar-refractivity contribution in [1.29, 1.82) is 0 Å². The molecule has 0 bridgehead atoms. The number of nitro benzene ring substituents is 1. The van der Waals surface area contributed by atoms with Gasteiger partial charge >= 0.3 is 0 Å². The first-order valence-electron chi connectivity index (χ1n) is 5.30. The lowest BCUT2D eigenvalue weighted by molar-refractivity contribution is -0.384. The van der Waals surface area contributed by atoms with E-state index in [-0.39, 0.29) is 12.3 Å². The average Bonchev–Trinajstić information content (AvgIpc) is 2.29. The van der Waals surface area contributed by atoms with Crippen molar-refractivity contribution >= 4 is 11.4 Å². The predicted molar refractivity (Wildman–Crippen MR) is 62.7 cm³/mol. The van der Waals surface area contributed by atoms with Crippen LogP contribution >= 0.6 is 0 Å². The molecule has 0 saturated heterocycles. The Bertz CT molecular complexity index is 349. The molecule has 0 unspecified atom stereocenters. The highest BCUT2D eigenvalue weighted by Crippen LogP contribution is 2.27. The number of aliphatic hydroxyl groups excluding tert-OH is 1. The van der Waals surface area contributed by atoms with E-state index in [9.17, 15) is 10.1 Å². The van der Waals surface area contributed by atoms with Crippen LogP contribution in [-0.2, 0) is 0 Å². The number of aliphatic hydroxyl groups is 1. The largest absolute Gasteiger partial charge is 0.395 e. The molecule has 1 N–H and O–H groups in total. The van der Waals surface area contributed by atoms with E-state index in [0.717, 1.165) is 6.42 Å². The van der Waals surface area contributed by atoms with Crippen LogP contribution in [0.5, 0.6) is 0 Å². The lowest BCUT2D eigenvalue weighted by atomic mass is 10.2. The predicted octanol–water partition coefficient (Wildman–Crippen LogP) is 1.80. The maximum absolute atomic E-state index is 10.9. The molecule has 0 radical (unpaired) electrons. The van der Waals surface area contributed by atoms with E-state index in [1.807, 2.05) is 11.8 Å². The van der Waals surface area contributed by atoms with Gasteiger partial charge in [-0.3, -0.25) is 10.1 Å². The molecule has 1 rings (SSSR count). The standard InChI is InChI=1S/C11H16N2O3/c1-2-7-12(8-9-14)10-5-3-4-6-11(10)13(15)16/h3-6,14H,2,7-9H2,1H3. The van der Waals surface area contributed by atoms with Crippen molar-refractivity contribution in [3.63, 3.8) is 0 Å². The molecule has 0 aliphatic carbocycles. The van der Waals surface area contributed by atoms with Crippen molar-refractivity contribution < 1.29 is 10.0 Å². The van der Waals surface area contributed by atoms with Crippen molar-refractivity contribution in [3.05, 3.63) is 34.4 Å². The number of hydrogen-bond donors (Lipinski definition) is 1. The zero-order chi connectivity index (χ0) is 12.0. The summed E-state index contributed by atoms with van der Waals surface area (Å²) in [6.07, 6.45) is 0.881. The number of nitrogens with zero attached hydrogens (tertiary/aromatic N) is 2. The molecule has 0 heterocycles. The third-order valence-electron chi connectivity index (χ3n) is 2.28. The molecule has 0 spiro atoms. The number of nitro groups is 1. The maximum Gasteiger partial charge on any atom is 0.292 e. The summed E-state index contributed by atoms with van der Waals surface area (Å²) in [6.45, 7) is 3.11. The summed E-state index contributed by atoms with van der Waals surface area (Å²) in [4.78, 5) is 12.3. The van der Waals surface area contributed by atoms with Gasteiger partial charge in [-0.1, -0.05) is 19.1 Å². The number of rotatable bonds is 6. The summed E-state index contributed by atoms with van der Waals surface area (Å²) in [5.41, 5.74) is 0.660. The summed E-state index contributed by atoms with van der Waals surface area (Å²) in [5.74, 6) is 0. The first-order chi connectivity index (χ1) is 7.70. The van der Waals surface area contributed by atoms with Gasteiger partial charge in [0.1, 0.15) is 5.69 Å². The molecule has 1 aromatic rings. The van der Waals surface area contributed by atoms with E-state index in [4.69, 9.17) is 5.11 Å². The van der Waals surface area contributed by atoms with E-state index in [1.54, 1.807) is 18.2 Å². The van der Waals surface area contributed by atoms with E-state index in [2.05, 4.69) is 0 Å². The summed E-state index contributed by atoms with van der Waals surface area (Å²) < 4.78 is 0. The molecule has 0 amide bonds. The fraction of sp³-hybridized carbons (Fsp3) is 0.455. The normalized spacial score (nSPS) is 10.1. The number of benzene rings is 1. The van der Waals surface area contributed by atoms with E-state index >= 15 is 0 Å². The van der Waals surface area contributed by atoms with Crippen LogP contribution in [0.15, 0.2) is 24.3 Å². The van der Waals surface area contributed by atoms with Gasteiger partial charge < -0.3 is 10.0 Å². The molecule has 88 valence electrons. The molecule has 5 heteroatoms. The first kappa shape index (κ1) is 12.4. The highest BCUT2D eigenvalue weighted by molar-refractivity contribution is 5.63. The summed E-state index contributed by atoms with van der Waals surface area (Å²) in [5, 5.41) is 19.8. The number of hydrogen-bond acceptors (Lipinski definition) is 4. The second kappa shape index (κ2) is 6.07. The van der Waals surface area contributed by atoms with Crippen LogP contribution < -0.4 is 4.90 Å². The van der Waals surface area contributed by atoms with Crippen LogP contribution in [-0.4, -0.2) is 29.7 Å². The molecule has 16 heavy (non-hydrogen) atoms. The monoisotopic (exact) mass is 224 g/mol. The van der Waals surface area contributed by atoms with Crippen LogP contribution in [0.1, 0.15) is 13.3 Å². The molecule has 0 aliphatic heterocycles. The van der Waals surface area contributed by atoms with Crippen LogP contribution in [0, 0.1) is 10.1 Å². The zero-order valence-corrected chi connectivity index (χ0v) is 9.30. The smallest absolute Gasteiger partial charge is 0.292 e. The summed E-state index contributed by atoms with van der Waals surface area (Å²) >= 11 is 0. The van der Waals surface area contributed by atoms with Gasteiger partial charge in [0.15, 0.2) is 0 Å². The Morgan fingerprint density at radius 1 is 1.38 bits per heavy atom. The minimum absolute atomic E-state index is 0.00789. The molecule has 0 saturated carbocycles. The summed E-state index contributed by atoms with van der Waals surface area (Å²) in [6, 6.07) is 6.60.